The Morgan fingerprint density at radius 3 is 1.48 bits per heavy atom. The molecule has 0 N–H and O–H groups in total. The third-order valence-electron chi connectivity index (χ3n) is 7.62. The molecule has 1 heterocycles. The average Bonchev–Trinajstić information content (AvgIpc) is 3.01. The van der Waals surface area contributed by atoms with Crippen molar-refractivity contribution in [1.29, 1.82) is 0 Å². The van der Waals surface area contributed by atoms with Gasteiger partial charge in [0, 0.05) is 53.2 Å². The number of nitrogens with zero attached hydrogens (tertiary/aromatic N) is 3. The monoisotopic (exact) mass is 553 g/mol. The van der Waals surface area contributed by atoms with E-state index in [0.29, 0.717) is 0 Å². The summed E-state index contributed by atoms with van der Waals surface area (Å²) in [5.74, 6) is 1.73. The first kappa shape index (κ1) is 27.8. The first-order valence-electron chi connectivity index (χ1n) is 14.0. The molecule has 40 heavy (non-hydrogen) atoms. The Morgan fingerprint density at radius 2 is 1.05 bits per heavy atom. The van der Waals surface area contributed by atoms with E-state index in [9.17, 15) is 0 Å². The minimum Gasteiger partial charge on any atom is -0.497 e. The van der Waals surface area contributed by atoms with Crippen molar-refractivity contribution in [3.8, 4) is 11.5 Å². The Kier molecular flexibility index (Phi) is 8.75. The van der Waals surface area contributed by atoms with Gasteiger partial charge in [-0.25, -0.2) is 0 Å². The van der Waals surface area contributed by atoms with Crippen molar-refractivity contribution in [2.24, 2.45) is 0 Å². The van der Waals surface area contributed by atoms with E-state index in [0.717, 1.165) is 40.8 Å². The molecule has 0 fully saturated rings. The molecule has 0 saturated carbocycles. The van der Waals surface area contributed by atoms with E-state index in [1.807, 2.05) is 36.0 Å². The van der Waals surface area contributed by atoms with Crippen molar-refractivity contribution in [3.63, 3.8) is 0 Å². The van der Waals surface area contributed by atoms with E-state index >= 15 is 0 Å². The molecule has 0 atom stereocenters. The Bertz CT molecular complexity index is 1320. The fourth-order valence-electron chi connectivity index (χ4n) is 5.13. The van der Waals surface area contributed by atoms with Gasteiger partial charge in [0.1, 0.15) is 11.5 Å². The molecule has 5 nitrogen and oxygen atoms in total. The van der Waals surface area contributed by atoms with Crippen molar-refractivity contribution in [2.45, 2.75) is 42.4 Å². The van der Waals surface area contributed by atoms with E-state index in [1.165, 1.54) is 46.8 Å². The highest BCUT2D eigenvalue weighted by Crippen LogP contribution is 2.51. The molecule has 0 amide bonds. The van der Waals surface area contributed by atoms with Gasteiger partial charge >= 0.3 is 0 Å². The van der Waals surface area contributed by atoms with Crippen LogP contribution in [0.15, 0.2) is 94.7 Å². The number of hydrogen-bond acceptors (Lipinski definition) is 6. The van der Waals surface area contributed by atoms with Crippen LogP contribution in [-0.4, -0.2) is 34.9 Å². The van der Waals surface area contributed by atoms with Gasteiger partial charge in [0.15, 0.2) is 0 Å². The van der Waals surface area contributed by atoms with Gasteiger partial charge in [-0.3, -0.25) is 0 Å². The van der Waals surface area contributed by atoms with Crippen molar-refractivity contribution in [3.05, 3.63) is 84.9 Å². The van der Waals surface area contributed by atoms with Crippen LogP contribution in [0.2, 0.25) is 0 Å². The first-order chi connectivity index (χ1) is 19.5. The fourth-order valence-corrected chi connectivity index (χ4v) is 6.29. The number of unbranched alkanes of at least 4 members (excludes halogenated alkanes) is 3. The summed E-state index contributed by atoms with van der Waals surface area (Å²) in [4.78, 5) is 9.55. The maximum atomic E-state index is 5.35. The van der Waals surface area contributed by atoms with Gasteiger partial charge in [0.05, 0.1) is 25.6 Å². The van der Waals surface area contributed by atoms with E-state index in [-0.39, 0.29) is 0 Å². The van der Waals surface area contributed by atoms with Crippen LogP contribution in [0, 0.1) is 0 Å². The number of methoxy groups -OCH3 is 2. The second-order valence-corrected chi connectivity index (χ2v) is 11.2. The van der Waals surface area contributed by atoms with E-state index in [2.05, 4.69) is 96.4 Å². The number of benzene rings is 4. The molecule has 1 aliphatic heterocycles. The van der Waals surface area contributed by atoms with Gasteiger partial charge in [-0.05, 0) is 91.3 Å². The van der Waals surface area contributed by atoms with Crippen LogP contribution in [0.25, 0.3) is 0 Å². The largest absolute Gasteiger partial charge is 0.497 e. The lowest BCUT2D eigenvalue weighted by molar-refractivity contribution is 0.414. The van der Waals surface area contributed by atoms with Gasteiger partial charge in [0.25, 0.3) is 0 Å². The zero-order valence-corrected chi connectivity index (χ0v) is 25.0. The molecule has 0 aliphatic carbocycles. The number of rotatable bonds is 11. The van der Waals surface area contributed by atoms with Crippen molar-refractivity contribution in [1.82, 2.24) is 0 Å². The minimum atomic E-state index is 0.865. The van der Waals surface area contributed by atoms with Crippen molar-refractivity contribution in [2.75, 3.05) is 49.6 Å². The van der Waals surface area contributed by atoms with E-state index < -0.39 is 0 Å². The first-order valence-corrected chi connectivity index (χ1v) is 14.8. The number of fused-ring (bicyclic) bond motifs is 2. The van der Waals surface area contributed by atoms with Gasteiger partial charge in [0.2, 0.25) is 0 Å². The molecule has 0 aromatic heterocycles. The molecular weight excluding hydrogens is 514 g/mol. The predicted molar refractivity (Wildman–Crippen MR) is 170 cm³/mol. The molecular formula is C34H39N3O2S. The lowest BCUT2D eigenvalue weighted by atomic mass is 10.1. The van der Waals surface area contributed by atoms with Crippen LogP contribution in [0.3, 0.4) is 0 Å². The number of ether oxygens (including phenoxy) is 2. The average molecular weight is 554 g/mol. The summed E-state index contributed by atoms with van der Waals surface area (Å²) in [5.41, 5.74) is 7.16. The third-order valence-corrected chi connectivity index (χ3v) is 8.71. The summed E-state index contributed by atoms with van der Waals surface area (Å²) in [6.45, 7) is 3.28. The summed E-state index contributed by atoms with van der Waals surface area (Å²) in [6, 6.07) is 30.1. The molecule has 0 radical (unpaired) electrons. The second kappa shape index (κ2) is 12.6. The van der Waals surface area contributed by atoms with Crippen LogP contribution < -0.4 is 24.2 Å². The highest BCUT2D eigenvalue weighted by molar-refractivity contribution is 7.99. The van der Waals surface area contributed by atoms with E-state index in [4.69, 9.17) is 9.47 Å². The van der Waals surface area contributed by atoms with Crippen LogP contribution in [0.5, 0.6) is 11.5 Å². The molecule has 4 aromatic rings. The lowest BCUT2D eigenvalue weighted by Gasteiger charge is -2.34. The van der Waals surface area contributed by atoms with Gasteiger partial charge in [-0.15, -0.1) is 0 Å². The van der Waals surface area contributed by atoms with Crippen LogP contribution in [-0.2, 0) is 0 Å². The molecule has 0 bridgehead atoms. The highest BCUT2D eigenvalue weighted by atomic mass is 32.2. The molecule has 0 saturated heterocycles. The predicted octanol–water partition coefficient (Wildman–Crippen LogP) is 9.42. The van der Waals surface area contributed by atoms with Gasteiger partial charge < -0.3 is 24.2 Å². The standard InChI is InChI=1S/C34H39N3O2S/c1-6-7-8-9-22-37-31-20-14-27(35(2)25-10-16-29(38-4)17-11-25)23-33(31)40-34-24-28(15-21-32(34)37)36(3)26-12-18-30(39-5)19-13-26/h10-21,23-24H,6-9,22H2,1-5H3. The topological polar surface area (TPSA) is 28.2 Å². The summed E-state index contributed by atoms with van der Waals surface area (Å²) < 4.78 is 10.7. The number of anilines is 6. The summed E-state index contributed by atoms with van der Waals surface area (Å²) >= 11 is 1.86. The Balaban J connectivity index is 1.46. The van der Waals surface area contributed by atoms with E-state index in [1.54, 1.807) is 14.2 Å². The quantitative estimate of drug-likeness (QED) is 0.172. The smallest absolute Gasteiger partial charge is 0.119 e. The normalized spacial score (nSPS) is 12.0. The fraction of sp³-hybridized carbons (Fsp3) is 0.294. The summed E-state index contributed by atoms with van der Waals surface area (Å²) in [7, 11) is 7.64. The highest BCUT2D eigenvalue weighted by Gasteiger charge is 2.25. The van der Waals surface area contributed by atoms with Crippen LogP contribution >= 0.6 is 11.8 Å². The number of hydrogen-bond donors (Lipinski definition) is 0. The minimum absolute atomic E-state index is 0.865. The maximum absolute atomic E-state index is 5.35. The molecule has 6 heteroatoms. The maximum Gasteiger partial charge on any atom is 0.119 e. The summed E-state index contributed by atoms with van der Waals surface area (Å²) in [6.07, 6.45) is 4.95. The lowest BCUT2D eigenvalue weighted by Crippen LogP contribution is -2.22. The Labute approximate surface area is 243 Å². The third kappa shape index (κ3) is 5.87. The van der Waals surface area contributed by atoms with Crippen molar-refractivity contribution < 1.29 is 9.47 Å². The van der Waals surface area contributed by atoms with Gasteiger partial charge in [-0.1, -0.05) is 37.9 Å². The molecule has 208 valence electrons. The molecule has 0 spiro atoms. The molecule has 5 rings (SSSR count). The zero-order valence-electron chi connectivity index (χ0n) is 24.2. The summed E-state index contributed by atoms with van der Waals surface area (Å²) in [5, 5.41) is 0. The zero-order chi connectivity index (χ0) is 28.1. The van der Waals surface area contributed by atoms with Crippen molar-refractivity contribution >= 4 is 45.9 Å². The Morgan fingerprint density at radius 1 is 0.600 bits per heavy atom. The molecule has 1 aliphatic rings. The molecule has 0 unspecified atom stereocenters. The van der Waals surface area contributed by atoms with Crippen LogP contribution in [0.1, 0.15) is 32.6 Å². The second-order valence-electron chi connectivity index (χ2n) is 10.1. The Hall–Kier alpha value is -3.77. The van der Waals surface area contributed by atoms with Gasteiger partial charge in [-0.2, -0.15) is 0 Å². The SMILES string of the molecule is CCCCCCN1c2ccc(N(C)c3ccc(OC)cc3)cc2Sc2cc(N(C)c3ccc(OC)cc3)ccc21. The molecule has 4 aromatic carbocycles. The van der Waals surface area contributed by atoms with Crippen LogP contribution in [0.4, 0.5) is 34.1 Å².